The Hall–Kier alpha value is -1.65. The van der Waals surface area contributed by atoms with E-state index in [1.807, 2.05) is 11.0 Å². The van der Waals surface area contributed by atoms with Crippen molar-refractivity contribution in [2.24, 2.45) is 0 Å². The van der Waals surface area contributed by atoms with Crippen molar-refractivity contribution in [1.29, 1.82) is 0 Å². The fourth-order valence-corrected chi connectivity index (χ4v) is 2.71. The number of rotatable bonds is 4. The number of nitrogens with zero attached hydrogens (tertiary/aromatic N) is 3. The molecule has 21 heavy (non-hydrogen) atoms. The lowest BCUT2D eigenvalue weighted by Crippen LogP contribution is -2.53. The Labute approximate surface area is 127 Å². The average molecular weight is 290 g/mol. The molecule has 0 unspecified atom stereocenters. The highest BCUT2D eigenvalue weighted by molar-refractivity contribution is 5.75. The maximum absolute atomic E-state index is 12.5. The van der Waals surface area contributed by atoms with Crippen molar-refractivity contribution in [3.8, 4) is 0 Å². The number of likely N-dealkylation sites (tertiary alicyclic amines) is 1. The van der Waals surface area contributed by atoms with Crippen molar-refractivity contribution in [3.63, 3.8) is 0 Å². The van der Waals surface area contributed by atoms with Crippen molar-refractivity contribution >= 4 is 6.03 Å². The Morgan fingerprint density at radius 2 is 2.24 bits per heavy atom. The summed E-state index contributed by atoms with van der Waals surface area (Å²) < 4.78 is 0. The van der Waals surface area contributed by atoms with Gasteiger partial charge in [0.05, 0.1) is 0 Å². The highest BCUT2D eigenvalue weighted by Crippen LogP contribution is 2.25. The van der Waals surface area contributed by atoms with Gasteiger partial charge >= 0.3 is 6.03 Å². The van der Waals surface area contributed by atoms with E-state index >= 15 is 0 Å². The fraction of sp³-hybridized carbons (Fsp3) is 0.688. The molecule has 116 valence electrons. The molecule has 5 heteroatoms. The quantitative estimate of drug-likeness (QED) is 0.927. The molecule has 5 nitrogen and oxygen atoms in total. The fourth-order valence-electron chi connectivity index (χ4n) is 2.71. The molecule has 0 saturated carbocycles. The number of hydrogen-bond acceptors (Lipinski definition) is 3. The van der Waals surface area contributed by atoms with E-state index in [0.717, 1.165) is 44.5 Å². The van der Waals surface area contributed by atoms with Crippen LogP contribution in [0, 0.1) is 0 Å². The molecular weight excluding hydrogens is 264 g/mol. The van der Waals surface area contributed by atoms with E-state index in [1.165, 1.54) is 0 Å². The molecule has 1 aliphatic heterocycles. The molecule has 1 saturated heterocycles. The first-order chi connectivity index (χ1) is 10.1. The lowest BCUT2D eigenvalue weighted by atomic mass is 9.94. The van der Waals surface area contributed by atoms with Crippen LogP contribution in [0.25, 0.3) is 0 Å². The summed E-state index contributed by atoms with van der Waals surface area (Å²) in [4.78, 5) is 22.7. The number of urea groups is 1. The van der Waals surface area contributed by atoms with Crippen LogP contribution in [0.15, 0.2) is 18.6 Å². The zero-order valence-corrected chi connectivity index (χ0v) is 13.3. The maximum Gasteiger partial charge on any atom is 0.317 e. The molecule has 1 atom stereocenters. The summed E-state index contributed by atoms with van der Waals surface area (Å²) in [5.41, 5.74) is 0.926. The Bertz CT molecular complexity index is 459. The first kappa shape index (κ1) is 15.7. The minimum absolute atomic E-state index is 0.0555. The third-order valence-electron chi connectivity index (χ3n) is 4.70. The minimum atomic E-state index is -0.112. The number of hydrogen-bond donors (Lipinski definition) is 1. The van der Waals surface area contributed by atoms with Gasteiger partial charge in [0.2, 0.25) is 0 Å². The van der Waals surface area contributed by atoms with Crippen LogP contribution in [0.4, 0.5) is 4.79 Å². The molecule has 1 aromatic heterocycles. The first-order valence-electron chi connectivity index (χ1n) is 7.91. The second-order valence-electron chi connectivity index (χ2n) is 6.12. The van der Waals surface area contributed by atoms with Gasteiger partial charge in [0, 0.05) is 36.4 Å². The predicted octanol–water partition coefficient (Wildman–Crippen LogP) is 2.94. The lowest BCUT2D eigenvalue weighted by Gasteiger charge is -2.36. The van der Waals surface area contributed by atoms with E-state index in [2.05, 4.69) is 36.1 Å². The normalized spacial score (nSPS) is 19.4. The Morgan fingerprint density at radius 3 is 2.86 bits per heavy atom. The van der Waals surface area contributed by atoms with Crippen LogP contribution in [0.2, 0.25) is 0 Å². The summed E-state index contributed by atoms with van der Waals surface area (Å²) in [5, 5.41) is 3.19. The molecule has 1 aromatic rings. The monoisotopic (exact) mass is 290 g/mol. The average Bonchev–Trinajstić information content (AvgIpc) is 2.55. The molecule has 2 rings (SSSR count). The third-order valence-corrected chi connectivity index (χ3v) is 4.70. The van der Waals surface area contributed by atoms with Gasteiger partial charge < -0.3 is 10.2 Å². The molecular formula is C16H26N4O. The molecule has 0 spiro atoms. The van der Waals surface area contributed by atoms with Crippen LogP contribution in [0.5, 0.6) is 0 Å². The zero-order chi connectivity index (χ0) is 15.3. The highest BCUT2D eigenvalue weighted by Gasteiger charge is 2.29. The second-order valence-corrected chi connectivity index (χ2v) is 6.12. The molecule has 1 aliphatic rings. The van der Waals surface area contributed by atoms with Gasteiger partial charge in [0.15, 0.2) is 0 Å². The van der Waals surface area contributed by atoms with Gasteiger partial charge in [-0.1, -0.05) is 13.8 Å². The number of nitrogens with one attached hydrogen (secondary N) is 1. The zero-order valence-electron chi connectivity index (χ0n) is 13.3. The van der Waals surface area contributed by atoms with E-state index < -0.39 is 0 Å². The van der Waals surface area contributed by atoms with Gasteiger partial charge in [0.1, 0.15) is 6.33 Å². The van der Waals surface area contributed by atoms with Crippen molar-refractivity contribution in [1.82, 2.24) is 20.2 Å². The summed E-state index contributed by atoms with van der Waals surface area (Å²) in [5.74, 6) is 0.321. The minimum Gasteiger partial charge on any atom is -0.333 e. The van der Waals surface area contributed by atoms with E-state index in [-0.39, 0.29) is 11.6 Å². The number of carbonyl (C=O) groups excluding carboxylic acids is 1. The van der Waals surface area contributed by atoms with Crippen LogP contribution in [-0.4, -0.2) is 39.5 Å². The van der Waals surface area contributed by atoms with Crippen molar-refractivity contribution in [2.45, 2.75) is 57.9 Å². The summed E-state index contributed by atoms with van der Waals surface area (Å²) in [6, 6.07) is 2.01. The molecule has 1 fully saturated rings. The molecule has 0 aliphatic carbocycles. The standard InChI is InChI=1S/C16H26N4O/c1-4-16(3,5-2)19-15(21)20-10-6-7-13(11-20)14-8-9-17-12-18-14/h8-9,12-13H,4-7,10-11H2,1-3H3,(H,19,21)/t13-/m0/s1. The van der Waals surface area contributed by atoms with Crippen LogP contribution < -0.4 is 5.32 Å². The Balaban J connectivity index is 1.99. The van der Waals surface area contributed by atoms with Crippen molar-refractivity contribution in [3.05, 3.63) is 24.3 Å². The van der Waals surface area contributed by atoms with E-state index in [1.54, 1.807) is 12.5 Å². The smallest absolute Gasteiger partial charge is 0.317 e. The Kier molecular flexibility index (Phi) is 5.15. The predicted molar refractivity (Wildman–Crippen MR) is 83.1 cm³/mol. The van der Waals surface area contributed by atoms with Crippen molar-refractivity contribution in [2.75, 3.05) is 13.1 Å². The topological polar surface area (TPSA) is 58.1 Å². The van der Waals surface area contributed by atoms with Gasteiger partial charge in [-0.05, 0) is 38.7 Å². The summed E-state index contributed by atoms with van der Waals surface area (Å²) in [6.07, 6.45) is 7.35. The molecule has 0 bridgehead atoms. The number of amides is 2. The molecule has 0 radical (unpaired) electrons. The highest BCUT2D eigenvalue weighted by atomic mass is 16.2. The summed E-state index contributed by atoms with van der Waals surface area (Å²) in [6.45, 7) is 7.91. The van der Waals surface area contributed by atoms with Gasteiger partial charge in [-0.2, -0.15) is 0 Å². The first-order valence-corrected chi connectivity index (χ1v) is 7.91. The molecule has 2 amide bonds. The van der Waals surface area contributed by atoms with Gasteiger partial charge in [-0.15, -0.1) is 0 Å². The molecule has 2 heterocycles. The molecule has 0 aromatic carbocycles. The SMILES string of the molecule is CCC(C)(CC)NC(=O)N1CCC[C@H](c2ccncn2)C1. The maximum atomic E-state index is 12.5. The van der Waals surface area contributed by atoms with Gasteiger partial charge in [-0.3, -0.25) is 0 Å². The van der Waals surface area contributed by atoms with Crippen LogP contribution in [0.1, 0.15) is 58.1 Å². The number of carbonyl (C=O) groups is 1. The van der Waals surface area contributed by atoms with Crippen LogP contribution in [-0.2, 0) is 0 Å². The number of aromatic nitrogens is 2. The third kappa shape index (κ3) is 3.93. The summed E-state index contributed by atoms with van der Waals surface area (Å²) >= 11 is 0. The van der Waals surface area contributed by atoms with Crippen LogP contribution in [0.3, 0.4) is 0 Å². The van der Waals surface area contributed by atoms with E-state index in [4.69, 9.17) is 0 Å². The van der Waals surface area contributed by atoms with E-state index in [0.29, 0.717) is 5.92 Å². The van der Waals surface area contributed by atoms with Gasteiger partial charge in [-0.25, -0.2) is 14.8 Å². The Morgan fingerprint density at radius 1 is 1.48 bits per heavy atom. The van der Waals surface area contributed by atoms with E-state index in [9.17, 15) is 4.79 Å². The molecule has 1 N–H and O–H groups in total. The largest absolute Gasteiger partial charge is 0.333 e. The van der Waals surface area contributed by atoms with Gasteiger partial charge in [0.25, 0.3) is 0 Å². The number of piperidine rings is 1. The van der Waals surface area contributed by atoms with Crippen LogP contribution >= 0.6 is 0 Å². The lowest BCUT2D eigenvalue weighted by molar-refractivity contribution is 0.165. The summed E-state index contributed by atoms with van der Waals surface area (Å²) in [7, 11) is 0. The second kappa shape index (κ2) is 6.87. The van der Waals surface area contributed by atoms with Crippen molar-refractivity contribution < 1.29 is 4.79 Å².